The Morgan fingerprint density at radius 1 is 0.288 bits per heavy atom. The molecule has 3 aromatic heterocycles. The van der Waals surface area contributed by atoms with Crippen LogP contribution in [0.5, 0.6) is 0 Å². The third-order valence-electron chi connectivity index (χ3n) is 9.17. The first-order valence-corrected chi connectivity index (χ1v) is 17.0. The van der Waals surface area contributed by atoms with E-state index in [-0.39, 0.29) is 0 Å². The van der Waals surface area contributed by atoms with Gasteiger partial charge in [-0.15, -0.1) is 0 Å². The Kier molecular flexibility index (Phi) is 6.99. The first-order valence-electron chi connectivity index (χ1n) is 17.0. The minimum absolute atomic E-state index is 0.473. The summed E-state index contributed by atoms with van der Waals surface area (Å²) in [7, 11) is 0. The van der Waals surface area contributed by atoms with E-state index in [0.717, 1.165) is 60.8 Å². The number of rotatable bonds is 6. The van der Waals surface area contributed by atoms with Crippen molar-refractivity contribution >= 4 is 33.0 Å². The van der Waals surface area contributed by atoms with Crippen LogP contribution in [0.1, 0.15) is 0 Å². The van der Waals surface area contributed by atoms with Crippen LogP contribution >= 0.6 is 0 Å². The van der Waals surface area contributed by atoms with Crippen LogP contribution in [-0.4, -0.2) is 24.9 Å². The molecule has 0 aliphatic heterocycles. The van der Waals surface area contributed by atoms with Crippen molar-refractivity contribution in [2.75, 3.05) is 0 Å². The quantitative estimate of drug-likeness (QED) is 0.174. The number of aromatic nitrogens is 5. The van der Waals surface area contributed by atoms with Crippen LogP contribution in [-0.2, 0) is 0 Å². The van der Waals surface area contributed by atoms with Gasteiger partial charge in [-0.05, 0) is 70.4 Å². The van der Waals surface area contributed by atoms with E-state index in [4.69, 9.17) is 33.8 Å². The van der Waals surface area contributed by atoms with Gasteiger partial charge in [0.1, 0.15) is 11.0 Å². The second kappa shape index (κ2) is 12.3. The molecule has 0 unspecified atom stereocenters. The molecule has 7 nitrogen and oxygen atoms in total. The molecule has 0 amide bonds. The number of oxazole rings is 2. The topological polar surface area (TPSA) is 90.7 Å². The molecule has 0 saturated heterocycles. The van der Waals surface area contributed by atoms with Gasteiger partial charge >= 0.3 is 0 Å². The highest BCUT2D eigenvalue weighted by molar-refractivity contribution is 5.87. The van der Waals surface area contributed by atoms with Gasteiger partial charge in [0.2, 0.25) is 11.8 Å². The predicted molar refractivity (Wildman–Crippen MR) is 205 cm³/mol. The lowest BCUT2D eigenvalue weighted by Crippen LogP contribution is -2.01. The molecule has 0 fully saturated rings. The fourth-order valence-corrected chi connectivity index (χ4v) is 6.53. The summed E-state index contributed by atoms with van der Waals surface area (Å²) in [5.74, 6) is 2.56. The van der Waals surface area contributed by atoms with Crippen molar-refractivity contribution in [2.24, 2.45) is 0 Å². The molecule has 0 spiro atoms. The molecular formula is C45H27N5O2. The fraction of sp³-hybridized carbons (Fsp3) is 0. The molecule has 0 atom stereocenters. The van der Waals surface area contributed by atoms with Gasteiger partial charge in [0.25, 0.3) is 0 Å². The zero-order valence-electron chi connectivity index (χ0n) is 27.6. The number of hydrogen-bond acceptors (Lipinski definition) is 7. The number of fused-ring (bicyclic) bond motifs is 3. The van der Waals surface area contributed by atoms with Gasteiger partial charge < -0.3 is 8.83 Å². The minimum atomic E-state index is 0.473. The second-order valence-electron chi connectivity index (χ2n) is 12.6. The Bertz CT molecular complexity index is 2750. The molecule has 7 aromatic carbocycles. The molecule has 0 radical (unpaired) electrons. The predicted octanol–water partition coefficient (Wildman–Crippen LogP) is 11.3. The van der Waals surface area contributed by atoms with Crippen molar-refractivity contribution in [1.82, 2.24) is 24.9 Å². The van der Waals surface area contributed by atoms with Gasteiger partial charge in [-0.2, -0.15) is 0 Å². The highest BCUT2D eigenvalue weighted by atomic mass is 16.4. The van der Waals surface area contributed by atoms with Crippen LogP contribution in [0.15, 0.2) is 173 Å². The maximum Gasteiger partial charge on any atom is 0.227 e. The smallest absolute Gasteiger partial charge is 0.227 e. The standard InChI is InChI=1S/C45H27N5O2/c1-2-10-28(11-3-1)30-18-21-31(22-19-30)41-48-42(33-23-20-29-12-4-5-13-32(29)24-33)50-43(49-41)34-25-35(44-46-37-14-6-8-16-39(37)51-44)27-36(26-34)45-47-38-15-7-9-17-40(38)52-45/h1-27H. The van der Waals surface area contributed by atoms with E-state index in [9.17, 15) is 0 Å². The molecule has 0 saturated carbocycles. The van der Waals surface area contributed by atoms with E-state index < -0.39 is 0 Å². The van der Waals surface area contributed by atoms with Gasteiger partial charge in [0.05, 0.1) is 0 Å². The lowest BCUT2D eigenvalue weighted by atomic mass is 10.0. The van der Waals surface area contributed by atoms with Crippen molar-refractivity contribution in [2.45, 2.75) is 0 Å². The number of para-hydroxylation sites is 4. The zero-order valence-corrected chi connectivity index (χ0v) is 27.6. The molecule has 0 bridgehead atoms. The Labute approximate surface area is 298 Å². The number of benzene rings is 7. The lowest BCUT2D eigenvalue weighted by Gasteiger charge is -2.11. The Hall–Kier alpha value is -7.25. The molecule has 244 valence electrons. The molecule has 0 N–H and O–H groups in total. The normalized spacial score (nSPS) is 11.5. The van der Waals surface area contributed by atoms with E-state index in [2.05, 4.69) is 66.7 Å². The van der Waals surface area contributed by atoms with E-state index in [1.807, 2.05) is 97.1 Å². The molecule has 10 aromatic rings. The van der Waals surface area contributed by atoms with Crippen LogP contribution in [0.4, 0.5) is 0 Å². The third kappa shape index (κ3) is 5.47. The van der Waals surface area contributed by atoms with Crippen molar-refractivity contribution < 1.29 is 8.83 Å². The molecular weight excluding hydrogens is 643 g/mol. The summed E-state index contributed by atoms with van der Waals surface area (Å²) in [6, 6.07) is 54.6. The van der Waals surface area contributed by atoms with Crippen LogP contribution in [0.2, 0.25) is 0 Å². The Balaban J connectivity index is 1.17. The van der Waals surface area contributed by atoms with E-state index in [1.54, 1.807) is 0 Å². The maximum atomic E-state index is 6.25. The van der Waals surface area contributed by atoms with E-state index >= 15 is 0 Å². The van der Waals surface area contributed by atoms with Crippen molar-refractivity contribution in [1.29, 1.82) is 0 Å². The monoisotopic (exact) mass is 669 g/mol. The Morgan fingerprint density at radius 2 is 0.750 bits per heavy atom. The first kappa shape index (κ1) is 29.6. The fourth-order valence-electron chi connectivity index (χ4n) is 6.53. The molecule has 0 aliphatic carbocycles. The molecule has 10 rings (SSSR count). The average Bonchev–Trinajstić information content (AvgIpc) is 3.86. The zero-order chi connectivity index (χ0) is 34.4. The summed E-state index contributed by atoms with van der Waals surface area (Å²) >= 11 is 0. The molecule has 7 heteroatoms. The summed E-state index contributed by atoms with van der Waals surface area (Å²) in [5, 5.41) is 2.25. The van der Waals surface area contributed by atoms with Crippen LogP contribution in [0, 0.1) is 0 Å². The van der Waals surface area contributed by atoms with E-state index in [1.165, 1.54) is 0 Å². The third-order valence-corrected chi connectivity index (χ3v) is 9.17. The largest absolute Gasteiger partial charge is 0.436 e. The van der Waals surface area contributed by atoms with Gasteiger partial charge in [-0.1, -0.05) is 115 Å². The number of hydrogen-bond donors (Lipinski definition) is 0. The Morgan fingerprint density at radius 3 is 1.38 bits per heavy atom. The van der Waals surface area contributed by atoms with Crippen LogP contribution in [0.25, 0.3) is 101 Å². The highest BCUT2D eigenvalue weighted by Gasteiger charge is 2.19. The van der Waals surface area contributed by atoms with Gasteiger partial charge in [0.15, 0.2) is 28.6 Å². The molecule has 0 aliphatic rings. The number of nitrogens with zero attached hydrogens (tertiary/aromatic N) is 5. The lowest BCUT2D eigenvalue weighted by molar-refractivity contribution is 0.617. The van der Waals surface area contributed by atoms with Crippen molar-refractivity contribution in [3.8, 4) is 68.2 Å². The minimum Gasteiger partial charge on any atom is -0.436 e. The van der Waals surface area contributed by atoms with Crippen molar-refractivity contribution in [3.63, 3.8) is 0 Å². The van der Waals surface area contributed by atoms with E-state index in [0.29, 0.717) is 40.4 Å². The van der Waals surface area contributed by atoms with Crippen LogP contribution < -0.4 is 0 Å². The molecule has 52 heavy (non-hydrogen) atoms. The SMILES string of the molecule is c1ccc(-c2ccc(-c3nc(-c4cc(-c5nc6ccccc6o5)cc(-c5nc6ccccc6o5)c4)nc(-c4ccc5ccccc5c4)n3)cc2)cc1. The first-order chi connectivity index (χ1) is 25.7. The summed E-state index contributed by atoms with van der Waals surface area (Å²) in [6.45, 7) is 0. The average molecular weight is 670 g/mol. The molecule has 3 heterocycles. The van der Waals surface area contributed by atoms with Gasteiger partial charge in [0, 0.05) is 27.8 Å². The van der Waals surface area contributed by atoms with Crippen LogP contribution in [0.3, 0.4) is 0 Å². The summed E-state index contributed by atoms with van der Waals surface area (Å²) in [5.41, 5.74) is 9.18. The van der Waals surface area contributed by atoms with Gasteiger partial charge in [-0.3, -0.25) is 0 Å². The second-order valence-corrected chi connectivity index (χ2v) is 12.6. The maximum absolute atomic E-state index is 6.25. The summed E-state index contributed by atoms with van der Waals surface area (Å²) < 4.78 is 12.5. The van der Waals surface area contributed by atoms with Crippen molar-refractivity contribution in [3.05, 3.63) is 164 Å². The summed E-state index contributed by atoms with van der Waals surface area (Å²) in [6.07, 6.45) is 0. The highest BCUT2D eigenvalue weighted by Crippen LogP contribution is 2.35. The summed E-state index contributed by atoms with van der Waals surface area (Å²) in [4.78, 5) is 24.9. The van der Waals surface area contributed by atoms with Gasteiger partial charge in [-0.25, -0.2) is 24.9 Å².